The number of amides is 4. The van der Waals surface area contributed by atoms with Crippen LogP contribution in [0.15, 0.2) is 48.7 Å². The number of unbranched alkanes of at least 4 members (excludes halogenated alkanes) is 3. The molecule has 4 amide bonds. The number of nitrogens with zero attached hydrogens (tertiary/aromatic N) is 5. The number of ether oxygens (including phenoxy) is 1. The number of piperazine rings is 1. The van der Waals surface area contributed by atoms with Crippen molar-refractivity contribution in [3.05, 3.63) is 87.4 Å². The number of rotatable bonds is 13. The van der Waals surface area contributed by atoms with E-state index in [2.05, 4.69) is 54.3 Å². The van der Waals surface area contributed by atoms with E-state index in [4.69, 9.17) is 16.3 Å². The number of piperidine rings is 1. The first-order valence-corrected chi connectivity index (χ1v) is 20.6. The van der Waals surface area contributed by atoms with Crippen LogP contribution in [0.25, 0.3) is 0 Å². The first-order valence-electron chi connectivity index (χ1n) is 20.2. The van der Waals surface area contributed by atoms with E-state index < -0.39 is 11.9 Å². The van der Waals surface area contributed by atoms with Gasteiger partial charge in [0.1, 0.15) is 29.8 Å². The van der Waals surface area contributed by atoms with Crippen molar-refractivity contribution in [3.8, 4) is 11.8 Å². The molecular formula is C44H51ClFN7O5. The van der Waals surface area contributed by atoms with Crippen LogP contribution in [0.5, 0.6) is 5.75 Å². The lowest BCUT2D eigenvalue weighted by atomic mass is 9.49. The van der Waals surface area contributed by atoms with Crippen molar-refractivity contribution in [3.63, 3.8) is 0 Å². The maximum absolute atomic E-state index is 15.3. The highest BCUT2D eigenvalue weighted by Gasteiger charge is 2.64. The van der Waals surface area contributed by atoms with Crippen molar-refractivity contribution in [2.45, 2.75) is 97.4 Å². The minimum Gasteiger partial charge on any atom is -0.489 e. The van der Waals surface area contributed by atoms with Crippen LogP contribution in [0, 0.1) is 28.0 Å². The van der Waals surface area contributed by atoms with Gasteiger partial charge in [0.2, 0.25) is 11.8 Å². The predicted octanol–water partition coefficient (Wildman–Crippen LogP) is 6.04. The fourth-order valence-corrected chi connectivity index (χ4v) is 9.75. The molecule has 0 radical (unpaired) electrons. The van der Waals surface area contributed by atoms with Gasteiger partial charge in [0.15, 0.2) is 0 Å². The van der Waals surface area contributed by atoms with Crippen LogP contribution in [0.1, 0.15) is 104 Å². The SMILES string of the molecule is CC1(C)C(NC(=O)c2ccc(CCCCCCN3CCN(c4cc5c(cc4F)CN(C4CCC(=O)NC4=O)C5=O)CC3)nc2)C(C)(C)C1Oc1ccc(C#N)c(Cl)c1. The Hall–Kier alpha value is -5.06. The lowest BCUT2D eigenvalue weighted by molar-refractivity contribution is -0.164. The highest BCUT2D eigenvalue weighted by Crippen LogP contribution is 2.55. The summed E-state index contributed by atoms with van der Waals surface area (Å²) in [5, 5.41) is 15.1. The number of halogens is 2. The van der Waals surface area contributed by atoms with Gasteiger partial charge in [0, 0.05) is 79.5 Å². The van der Waals surface area contributed by atoms with Gasteiger partial charge >= 0.3 is 0 Å². The summed E-state index contributed by atoms with van der Waals surface area (Å²) in [5.74, 6) is -1.06. The maximum atomic E-state index is 15.3. The lowest BCUT2D eigenvalue weighted by Gasteiger charge is -2.63. The third-order valence-corrected chi connectivity index (χ3v) is 12.8. The number of carbonyl (C=O) groups is 4. The molecular weight excluding hydrogens is 761 g/mol. The number of aryl methyl sites for hydroxylation is 1. The van der Waals surface area contributed by atoms with Crippen LogP contribution >= 0.6 is 11.6 Å². The van der Waals surface area contributed by atoms with Crippen LogP contribution in [0.3, 0.4) is 0 Å². The zero-order valence-electron chi connectivity index (χ0n) is 33.6. The van der Waals surface area contributed by atoms with Gasteiger partial charge in [0.05, 0.1) is 21.8 Å². The number of hydrogen-bond acceptors (Lipinski definition) is 9. The largest absolute Gasteiger partial charge is 0.489 e. The van der Waals surface area contributed by atoms with Crippen molar-refractivity contribution in [1.82, 2.24) is 25.4 Å². The molecule has 2 saturated heterocycles. The number of carbonyl (C=O) groups excluding carboxylic acids is 4. The van der Waals surface area contributed by atoms with Crippen molar-refractivity contribution in [2.24, 2.45) is 10.8 Å². The summed E-state index contributed by atoms with van der Waals surface area (Å²) in [6.07, 6.45) is 6.96. The molecule has 7 rings (SSSR count). The number of anilines is 1. The molecule has 12 nitrogen and oxygen atoms in total. The van der Waals surface area contributed by atoms with Crippen LogP contribution in [0.2, 0.25) is 5.02 Å². The van der Waals surface area contributed by atoms with Gasteiger partial charge in [0.25, 0.3) is 11.8 Å². The van der Waals surface area contributed by atoms with Gasteiger partial charge < -0.3 is 19.9 Å². The van der Waals surface area contributed by atoms with Crippen molar-refractivity contribution in [2.75, 3.05) is 37.6 Å². The van der Waals surface area contributed by atoms with Gasteiger partial charge in [-0.2, -0.15) is 5.26 Å². The van der Waals surface area contributed by atoms with E-state index in [9.17, 15) is 24.4 Å². The number of aromatic nitrogens is 1. The van der Waals surface area contributed by atoms with Crippen molar-refractivity contribution >= 4 is 40.9 Å². The average Bonchev–Trinajstić information content (AvgIpc) is 3.51. The standard InChI is InChI=1S/C44H51ClFN7O5/c1-43(2)41(44(3,4)42(43)58-31-13-11-27(24-47)33(45)22-31)50-38(55)28-10-12-30(48-25-28)9-7-5-6-8-16-51-17-19-52(20-18-51)36-23-32-29(21-34(36)46)26-53(40(32)57)35-14-15-37(54)49-39(35)56/h10-13,21-23,25,35,41-42H,5-9,14-20,26H2,1-4H3,(H,50,55)(H,49,54,56). The summed E-state index contributed by atoms with van der Waals surface area (Å²) in [7, 11) is 0. The smallest absolute Gasteiger partial charge is 0.255 e. The Balaban J connectivity index is 0.802. The Morgan fingerprint density at radius 2 is 1.76 bits per heavy atom. The highest BCUT2D eigenvalue weighted by molar-refractivity contribution is 6.31. The maximum Gasteiger partial charge on any atom is 0.255 e. The molecule has 3 aromatic rings. The molecule has 1 unspecified atom stereocenters. The summed E-state index contributed by atoms with van der Waals surface area (Å²) in [6, 6.07) is 13.1. The second kappa shape index (κ2) is 16.7. The second-order valence-corrected chi connectivity index (χ2v) is 17.6. The predicted molar refractivity (Wildman–Crippen MR) is 217 cm³/mol. The normalized spacial score (nSPS) is 22.5. The minimum atomic E-state index is -0.726. The summed E-state index contributed by atoms with van der Waals surface area (Å²) in [6.45, 7) is 12.3. The number of imide groups is 1. The van der Waals surface area contributed by atoms with Gasteiger partial charge in [-0.25, -0.2) is 4.39 Å². The third kappa shape index (κ3) is 8.27. The number of nitrogens with one attached hydrogen (secondary N) is 2. The molecule has 58 heavy (non-hydrogen) atoms. The van der Waals surface area contributed by atoms with Crippen molar-refractivity contribution < 1.29 is 28.3 Å². The van der Waals surface area contributed by atoms with Crippen LogP contribution in [-0.4, -0.2) is 89.3 Å². The summed E-state index contributed by atoms with van der Waals surface area (Å²) < 4.78 is 21.7. The Morgan fingerprint density at radius 3 is 2.43 bits per heavy atom. The Kier molecular flexibility index (Phi) is 11.8. The van der Waals surface area contributed by atoms with E-state index in [-0.39, 0.29) is 65.9 Å². The number of benzene rings is 2. The molecule has 4 aliphatic rings. The molecule has 3 fully saturated rings. The third-order valence-electron chi connectivity index (χ3n) is 12.5. The van der Waals surface area contributed by atoms with Crippen molar-refractivity contribution in [1.29, 1.82) is 5.26 Å². The molecule has 14 heteroatoms. The lowest BCUT2D eigenvalue weighted by Crippen LogP contribution is -2.74. The van der Waals surface area contributed by atoms with E-state index in [0.717, 1.165) is 57.4 Å². The summed E-state index contributed by atoms with van der Waals surface area (Å²) >= 11 is 6.23. The molecule has 306 valence electrons. The molecule has 4 heterocycles. The number of pyridine rings is 1. The molecule has 1 aromatic heterocycles. The topological polar surface area (TPSA) is 148 Å². The van der Waals surface area contributed by atoms with Gasteiger partial charge in [-0.05, 0) is 74.2 Å². The second-order valence-electron chi connectivity index (χ2n) is 17.2. The molecule has 0 bridgehead atoms. The zero-order chi connectivity index (χ0) is 41.4. The van der Waals surface area contributed by atoms with E-state index in [1.54, 1.807) is 30.5 Å². The summed E-state index contributed by atoms with van der Waals surface area (Å²) in [5.41, 5.74) is 2.54. The first kappa shape index (κ1) is 41.1. The Labute approximate surface area is 344 Å². The van der Waals surface area contributed by atoms with Crippen LogP contribution < -0.4 is 20.3 Å². The Bertz CT molecular complexity index is 2110. The Morgan fingerprint density at radius 1 is 1.02 bits per heavy atom. The van der Waals surface area contributed by atoms with Gasteiger partial charge in [-0.1, -0.05) is 52.1 Å². The molecule has 2 N–H and O–H groups in total. The van der Waals surface area contributed by atoms with E-state index >= 15 is 4.39 Å². The fourth-order valence-electron chi connectivity index (χ4n) is 9.54. The molecule has 3 aliphatic heterocycles. The number of hydrogen-bond donors (Lipinski definition) is 2. The minimum absolute atomic E-state index is 0.142. The van der Waals surface area contributed by atoms with Crippen LogP contribution in [0.4, 0.5) is 10.1 Å². The molecule has 1 atom stereocenters. The molecule has 0 spiro atoms. The average molecular weight is 812 g/mol. The van der Waals surface area contributed by atoms with Crippen LogP contribution in [-0.2, 0) is 22.6 Å². The van der Waals surface area contributed by atoms with E-state index in [0.29, 0.717) is 51.8 Å². The number of fused-ring (bicyclic) bond motifs is 1. The quantitative estimate of drug-likeness (QED) is 0.156. The van der Waals surface area contributed by atoms with Gasteiger partial charge in [-0.15, -0.1) is 0 Å². The molecule has 1 aliphatic carbocycles. The first-order chi connectivity index (χ1) is 27.7. The molecule has 2 aromatic carbocycles. The monoisotopic (exact) mass is 811 g/mol. The zero-order valence-corrected chi connectivity index (χ0v) is 34.3. The van der Waals surface area contributed by atoms with Gasteiger partial charge in [-0.3, -0.25) is 34.4 Å². The number of nitriles is 1. The van der Waals surface area contributed by atoms with E-state index in [1.165, 1.54) is 11.0 Å². The van der Waals surface area contributed by atoms with E-state index in [1.807, 2.05) is 17.0 Å². The highest BCUT2D eigenvalue weighted by atomic mass is 35.5. The fraction of sp³-hybridized carbons (Fsp3) is 0.500. The molecule has 1 saturated carbocycles. The summed E-state index contributed by atoms with van der Waals surface area (Å²) in [4.78, 5) is 61.0.